The summed E-state index contributed by atoms with van der Waals surface area (Å²) in [5.74, 6) is 0. The van der Waals surface area contributed by atoms with Crippen LogP contribution in [0, 0.1) is 0 Å². The van der Waals surface area contributed by atoms with Gasteiger partial charge in [-0.05, 0) is 25.7 Å². The molecule has 2 aliphatic rings. The molecular weight excluding hydrogens is 110 g/mol. The fraction of sp³-hybridized carbons (Fsp3) is 0.750. The van der Waals surface area contributed by atoms with Gasteiger partial charge in [-0.2, -0.15) is 0 Å². The van der Waals surface area contributed by atoms with E-state index < -0.39 is 0 Å². The van der Waals surface area contributed by atoms with E-state index in [4.69, 9.17) is 0 Å². The summed E-state index contributed by atoms with van der Waals surface area (Å²) in [5.41, 5.74) is 1.65. The first-order valence-electron chi connectivity index (χ1n) is 3.86. The van der Waals surface area contributed by atoms with Crippen molar-refractivity contribution < 1.29 is 0 Å². The number of hydrogen-bond donors (Lipinski definition) is 1. The fourth-order valence-electron chi connectivity index (χ4n) is 1.77. The Morgan fingerprint density at radius 3 is 3.56 bits per heavy atom. The summed E-state index contributed by atoms with van der Waals surface area (Å²) >= 11 is 0. The predicted molar refractivity (Wildman–Crippen MR) is 38.3 cm³/mol. The number of rotatable bonds is 0. The molecule has 0 radical (unpaired) electrons. The van der Waals surface area contributed by atoms with Crippen molar-refractivity contribution in [1.29, 1.82) is 0 Å². The van der Waals surface area contributed by atoms with Gasteiger partial charge in [0.15, 0.2) is 0 Å². The molecule has 0 aromatic rings. The molecule has 1 heterocycles. The molecule has 1 unspecified atom stereocenters. The predicted octanol–water partition coefficient (Wildman–Crippen LogP) is 1.46. The van der Waals surface area contributed by atoms with Crippen LogP contribution in [-0.2, 0) is 0 Å². The van der Waals surface area contributed by atoms with Crippen molar-refractivity contribution in [1.82, 2.24) is 5.32 Å². The summed E-state index contributed by atoms with van der Waals surface area (Å²) in [5, 5.41) is 3.49. The summed E-state index contributed by atoms with van der Waals surface area (Å²) in [6, 6.07) is 0.832. The highest BCUT2D eigenvalue weighted by atomic mass is 14.9. The number of nitrogens with one attached hydrogen (secondary N) is 1. The van der Waals surface area contributed by atoms with Gasteiger partial charge in [0.05, 0.1) is 0 Å². The minimum atomic E-state index is 0.832. The molecule has 0 amide bonds. The molecule has 0 aromatic carbocycles. The molecule has 1 nitrogen and oxygen atoms in total. The fourth-order valence-corrected chi connectivity index (χ4v) is 1.77. The second-order valence-corrected chi connectivity index (χ2v) is 3.08. The van der Waals surface area contributed by atoms with Gasteiger partial charge in [-0.3, -0.25) is 0 Å². The van der Waals surface area contributed by atoms with Crippen LogP contribution in [0.4, 0.5) is 0 Å². The summed E-state index contributed by atoms with van der Waals surface area (Å²) in [6.07, 6.45) is 7.86. The maximum absolute atomic E-state index is 3.49. The van der Waals surface area contributed by atoms with Crippen LogP contribution < -0.4 is 5.32 Å². The quantitative estimate of drug-likeness (QED) is 0.481. The molecule has 2 bridgehead atoms. The first-order valence-corrected chi connectivity index (χ1v) is 3.86. The van der Waals surface area contributed by atoms with Gasteiger partial charge in [-0.1, -0.05) is 11.6 Å². The summed E-state index contributed by atoms with van der Waals surface area (Å²) in [4.78, 5) is 0. The lowest BCUT2D eigenvalue weighted by Crippen LogP contribution is -2.20. The van der Waals surface area contributed by atoms with Gasteiger partial charge in [0.25, 0.3) is 0 Å². The van der Waals surface area contributed by atoms with E-state index in [1.807, 2.05) is 0 Å². The summed E-state index contributed by atoms with van der Waals surface area (Å²) in [6.45, 7) is 1.17. The zero-order valence-electron chi connectivity index (χ0n) is 5.69. The largest absolute Gasteiger partial charge is 0.310 e. The molecule has 0 aromatic heterocycles. The smallest absolute Gasteiger partial charge is 0.0167 e. The van der Waals surface area contributed by atoms with Crippen molar-refractivity contribution in [3.05, 3.63) is 11.6 Å². The van der Waals surface area contributed by atoms with Crippen molar-refractivity contribution in [3.63, 3.8) is 0 Å². The molecular formula is C8H13N. The average molecular weight is 123 g/mol. The highest BCUT2D eigenvalue weighted by Crippen LogP contribution is 2.22. The summed E-state index contributed by atoms with van der Waals surface area (Å²) in [7, 11) is 0. The molecule has 0 spiro atoms. The maximum Gasteiger partial charge on any atom is 0.0167 e. The van der Waals surface area contributed by atoms with Crippen molar-refractivity contribution in [2.45, 2.75) is 31.7 Å². The second-order valence-electron chi connectivity index (χ2n) is 3.08. The minimum absolute atomic E-state index is 0.832. The Kier molecular flexibility index (Phi) is 1.31. The number of hydrogen-bond acceptors (Lipinski definition) is 1. The molecule has 9 heavy (non-hydrogen) atoms. The molecule has 1 heteroatoms. The van der Waals surface area contributed by atoms with Gasteiger partial charge in [0.2, 0.25) is 0 Å². The molecule has 1 aliphatic heterocycles. The normalized spacial score (nSPS) is 33.8. The van der Waals surface area contributed by atoms with E-state index in [-0.39, 0.29) is 0 Å². The summed E-state index contributed by atoms with van der Waals surface area (Å²) < 4.78 is 0. The highest BCUT2D eigenvalue weighted by Gasteiger charge is 2.19. The molecule has 1 atom stereocenters. The Labute approximate surface area is 56.1 Å². The maximum atomic E-state index is 3.49. The van der Waals surface area contributed by atoms with E-state index in [0.717, 1.165) is 6.04 Å². The van der Waals surface area contributed by atoms with Gasteiger partial charge >= 0.3 is 0 Å². The van der Waals surface area contributed by atoms with Crippen LogP contribution in [0.2, 0.25) is 0 Å². The second kappa shape index (κ2) is 2.14. The van der Waals surface area contributed by atoms with Gasteiger partial charge < -0.3 is 5.32 Å². The Morgan fingerprint density at radius 2 is 2.56 bits per heavy atom. The lowest BCUT2D eigenvalue weighted by atomic mass is 10.1. The molecule has 1 saturated heterocycles. The first-order chi connectivity index (χ1) is 4.45. The van der Waals surface area contributed by atoms with Crippen LogP contribution in [-0.4, -0.2) is 12.6 Å². The van der Waals surface area contributed by atoms with E-state index in [1.165, 1.54) is 32.2 Å². The van der Waals surface area contributed by atoms with Crippen LogP contribution in [0.25, 0.3) is 0 Å². The first kappa shape index (κ1) is 5.48. The van der Waals surface area contributed by atoms with Crippen molar-refractivity contribution in [2.24, 2.45) is 0 Å². The van der Waals surface area contributed by atoms with E-state index in [1.54, 1.807) is 5.57 Å². The van der Waals surface area contributed by atoms with Crippen LogP contribution >= 0.6 is 0 Å². The van der Waals surface area contributed by atoms with Crippen LogP contribution in [0.3, 0.4) is 0 Å². The average Bonchev–Trinajstić information content (AvgIpc) is 2.09. The van der Waals surface area contributed by atoms with E-state index in [2.05, 4.69) is 11.4 Å². The van der Waals surface area contributed by atoms with Crippen LogP contribution in [0.1, 0.15) is 25.7 Å². The van der Waals surface area contributed by atoms with E-state index >= 15 is 0 Å². The third-order valence-corrected chi connectivity index (χ3v) is 2.32. The molecule has 50 valence electrons. The number of fused-ring (bicyclic) bond motifs is 2. The molecule has 1 N–H and O–H groups in total. The van der Waals surface area contributed by atoms with Gasteiger partial charge in [0.1, 0.15) is 0 Å². The Bertz CT molecular complexity index is 138. The van der Waals surface area contributed by atoms with E-state index in [9.17, 15) is 0 Å². The SMILES string of the molecule is C1=C2CNC(CCC1)C2. The van der Waals surface area contributed by atoms with Gasteiger partial charge in [0, 0.05) is 12.6 Å². The topological polar surface area (TPSA) is 12.0 Å². The third-order valence-electron chi connectivity index (χ3n) is 2.32. The lowest BCUT2D eigenvalue weighted by molar-refractivity contribution is 0.546. The Hall–Kier alpha value is -0.300. The molecule has 2 rings (SSSR count). The van der Waals surface area contributed by atoms with Crippen molar-refractivity contribution in [3.8, 4) is 0 Å². The molecule has 1 aliphatic carbocycles. The molecule has 0 saturated carbocycles. The zero-order chi connectivity index (χ0) is 6.10. The van der Waals surface area contributed by atoms with Crippen molar-refractivity contribution in [2.75, 3.05) is 6.54 Å². The highest BCUT2D eigenvalue weighted by molar-refractivity contribution is 5.13. The van der Waals surface area contributed by atoms with Gasteiger partial charge in [-0.15, -0.1) is 0 Å². The Morgan fingerprint density at radius 1 is 1.56 bits per heavy atom. The van der Waals surface area contributed by atoms with E-state index in [0.29, 0.717) is 0 Å². The molecule has 1 fully saturated rings. The zero-order valence-corrected chi connectivity index (χ0v) is 5.69. The monoisotopic (exact) mass is 123 g/mol. The van der Waals surface area contributed by atoms with Crippen molar-refractivity contribution >= 4 is 0 Å². The Balaban J connectivity index is 2.14. The number of allylic oxidation sites excluding steroid dienone is 1. The van der Waals surface area contributed by atoms with Crippen LogP contribution in [0.15, 0.2) is 11.6 Å². The third kappa shape index (κ3) is 1.01. The van der Waals surface area contributed by atoms with Gasteiger partial charge in [-0.25, -0.2) is 0 Å². The minimum Gasteiger partial charge on any atom is -0.310 e. The van der Waals surface area contributed by atoms with Crippen LogP contribution in [0.5, 0.6) is 0 Å². The standard InChI is InChI=1S/C8H13N/c1-2-4-8-5-7(3-1)6-9-8/h3,8-9H,1-2,4-6H2. The lowest BCUT2D eigenvalue weighted by Gasteiger charge is -2.05.